The van der Waals surface area contributed by atoms with E-state index in [9.17, 15) is 0 Å². The Balaban J connectivity index is 1.98. The molecular formula is C15H17ClN2. The van der Waals surface area contributed by atoms with Gasteiger partial charge in [0, 0.05) is 23.3 Å². The molecule has 2 aromatic rings. The quantitative estimate of drug-likeness (QED) is 0.822. The second kappa shape index (κ2) is 5.89. The van der Waals surface area contributed by atoms with Crippen molar-refractivity contribution in [1.29, 1.82) is 0 Å². The fourth-order valence-electron chi connectivity index (χ4n) is 1.83. The molecule has 0 saturated heterocycles. The van der Waals surface area contributed by atoms with Crippen molar-refractivity contribution >= 4 is 17.3 Å². The number of nitrogen functional groups attached to an aromatic ring is 1. The SMILES string of the molecule is C[C@@H](NCc1ccccc1N)c1ccc(Cl)cc1. The Morgan fingerprint density at radius 3 is 2.44 bits per heavy atom. The molecule has 0 fully saturated rings. The van der Waals surface area contributed by atoms with Crippen LogP contribution in [-0.4, -0.2) is 0 Å². The minimum Gasteiger partial charge on any atom is -0.398 e. The van der Waals surface area contributed by atoms with Gasteiger partial charge in [0.1, 0.15) is 0 Å². The summed E-state index contributed by atoms with van der Waals surface area (Å²) in [7, 11) is 0. The van der Waals surface area contributed by atoms with Crippen LogP contribution in [0.5, 0.6) is 0 Å². The summed E-state index contributed by atoms with van der Waals surface area (Å²) in [5, 5.41) is 4.21. The first-order chi connectivity index (χ1) is 8.66. The maximum atomic E-state index is 5.91. The van der Waals surface area contributed by atoms with Gasteiger partial charge < -0.3 is 11.1 Å². The summed E-state index contributed by atoms with van der Waals surface area (Å²) in [4.78, 5) is 0. The minimum absolute atomic E-state index is 0.266. The molecule has 0 aliphatic heterocycles. The van der Waals surface area contributed by atoms with E-state index >= 15 is 0 Å². The van der Waals surface area contributed by atoms with E-state index in [1.807, 2.05) is 48.5 Å². The molecule has 0 radical (unpaired) electrons. The molecule has 0 heterocycles. The molecule has 2 rings (SSSR count). The van der Waals surface area contributed by atoms with Crippen LogP contribution in [0, 0.1) is 0 Å². The number of hydrogen-bond donors (Lipinski definition) is 2. The second-order valence-electron chi connectivity index (χ2n) is 4.35. The smallest absolute Gasteiger partial charge is 0.0406 e. The Hall–Kier alpha value is -1.51. The standard InChI is InChI=1S/C15H17ClN2/c1-11(12-6-8-14(16)9-7-12)18-10-13-4-2-3-5-15(13)17/h2-9,11,18H,10,17H2,1H3/t11-/m1/s1. The summed E-state index contributed by atoms with van der Waals surface area (Å²) in [6.45, 7) is 2.89. The number of nitrogens with two attached hydrogens (primary N) is 1. The average Bonchev–Trinajstić information content (AvgIpc) is 2.38. The number of benzene rings is 2. The summed E-state index contributed by atoms with van der Waals surface area (Å²) >= 11 is 5.87. The van der Waals surface area contributed by atoms with E-state index in [1.165, 1.54) is 5.56 Å². The summed E-state index contributed by atoms with van der Waals surface area (Å²) in [6, 6.07) is 16.1. The van der Waals surface area contributed by atoms with E-state index in [4.69, 9.17) is 17.3 Å². The lowest BCUT2D eigenvalue weighted by atomic mass is 10.1. The maximum Gasteiger partial charge on any atom is 0.0406 e. The molecule has 0 unspecified atom stereocenters. The van der Waals surface area contributed by atoms with Crippen molar-refractivity contribution in [3.8, 4) is 0 Å². The zero-order valence-corrected chi connectivity index (χ0v) is 11.1. The Bertz CT molecular complexity index is 508. The molecular weight excluding hydrogens is 244 g/mol. The van der Waals surface area contributed by atoms with E-state index in [-0.39, 0.29) is 6.04 Å². The van der Waals surface area contributed by atoms with Gasteiger partial charge in [-0.3, -0.25) is 0 Å². The number of nitrogens with one attached hydrogen (secondary N) is 1. The molecule has 2 nitrogen and oxygen atoms in total. The van der Waals surface area contributed by atoms with Crippen LogP contribution in [0.2, 0.25) is 5.02 Å². The van der Waals surface area contributed by atoms with Crippen LogP contribution in [-0.2, 0) is 6.54 Å². The first kappa shape index (κ1) is 12.9. The molecule has 0 aromatic heterocycles. The molecule has 0 bridgehead atoms. The van der Waals surface area contributed by atoms with Crippen molar-refractivity contribution in [1.82, 2.24) is 5.32 Å². The molecule has 18 heavy (non-hydrogen) atoms. The van der Waals surface area contributed by atoms with Gasteiger partial charge in [-0.25, -0.2) is 0 Å². The lowest BCUT2D eigenvalue weighted by Crippen LogP contribution is -2.18. The lowest BCUT2D eigenvalue weighted by Gasteiger charge is -2.15. The molecule has 3 heteroatoms. The van der Waals surface area contributed by atoms with Crippen LogP contribution in [0.15, 0.2) is 48.5 Å². The predicted molar refractivity (Wildman–Crippen MR) is 77.6 cm³/mol. The highest BCUT2D eigenvalue weighted by molar-refractivity contribution is 6.30. The van der Waals surface area contributed by atoms with Crippen LogP contribution in [0.3, 0.4) is 0 Å². The topological polar surface area (TPSA) is 38.0 Å². The van der Waals surface area contributed by atoms with Crippen LogP contribution >= 0.6 is 11.6 Å². The van der Waals surface area contributed by atoms with Gasteiger partial charge in [0.05, 0.1) is 0 Å². The van der Waals surface area contributed by atoms with Gasteiger partial charge in [0.2, 0.25) is 0 Å². The molecule has 0 aliphatic carbocycles. The number of hydrogen-bond acceptors (Lipinski definition) is 2. The van der Waals surface area contributed by atoms with Gasteiger partial charge in [0.25, 0.3) is 0 Å². The van der Waals surface area contributed by atoms with Gasteiger partial charge in [-0.2, -0.15) is 0 Å². The zero-order valence-electron chi connectivity index (χ0n) is 10.4. The largest absolute Gasteiger partial charge is 0.398 e. The molecule has 3 N–H and O–H groups in total. The average molecular weight is 261 g/mol. The summed E-state index contributed by atoms with van der Waals surface area (Å²) < 4.78 is 0. The Kier molecular flexibility index (Phi) is 4.24. The molecule has 1 atom stereocenters. The summed E-state index contributed by atoms with van der Waals surface area (Å²) in [6.07, 6.45) is 0. The predicted octanol–water partition coefficient (Wildman–Crippen LogP) is 3.77. The third kappa shape index (κ3) is 3.25. The number of para-hydroxylation sites is 1. The third-order valence-electron chi connectivity index (χ3n) is 3.02. The molecule has 94 valence electrons. The maximum absolute atomic E-state index is 5.91. The summed E-state index contributed by atoms with van der Waals surface area (Å²) in [5.41, 5.74) is 9.08. The molecule has 2 aromatic carbocycles. The number of anilines is 1. The van der Waals surface area contributed by atoms with Crippen molar-refractivity contribution in [3.63, 3.8) is 0 Å². The Morgan fingerprint density at radius 2 is 1.78 bits per heavy atom. The van der Waals surface area contributed by atoms with Crippen molar-refractivity contribution < 1.29 is 0 Å². The highest BCUT2D eigenvalue weighted by Gasteiger charge is 2.05. The van der Waals surface area contributed by atoms with E-state index in [1.54, 1.807) is 0 Å². The van der Waals surface area contributed by atoms with Crippen LogP contribution in [0.4, 0.5) is 5.69 Å². The van der Waals surface area contributed by atoms with E-state index in [0.717, 1.165) is 22.8 Å². The Labute approximate surface area is 113 Å². The monoisotopic (exact) mass is 260 g/mol. The van der Waals surface area contributed by atoms with Crippen molar-refractivity contribution in [2.24, 2.45) is 0 Å². The first-order valence-electron chi connectivity index (χ1n) is 5.99. The molecule has 0 aliphatic rings. The van der Waals surface area contributed by atoms with Gasteiger partial charge in [-0.05, 0) is 36.2 Å². The van der Waals surface area contributed by atoms with E-state index < -0.39 is 0 Å². The summed E-state index contributed by atoms with van der Waals surface area (Å²) in [5.74, 6) is 0. The van der Waals surface area contributed by atoms with E-state index in [2.05, 4.69) is 12.2 Å². The molecule has 0 spiro atoms. The lowest BCUT2D eigenvalue weighted by molar-refractivity contribution is 0.575. The van der Waals surface area contributed by atoms with Crippen LogP contribution in [0.25, 0.3) is 0 Å². The van der Waals surface area contributed by atoms with Crippen molar-refractivity contribution in [2.45, 2.75) is 19.5 Å². The normalized spacial score (nSPS) is 12.3. The molecule has 0 saturated carbocycles. The highest BCUT2D eigenvalue weighted by atomic mass is 35.5. The highest BCUT2D eigenvalue weighted by Crippen LogP contribution is 2.17. The fraction of sp³-hybridized carbons (Fsp3) is 0.200. The first-order valence-corrected chi connectivity index (χ1v) is 6.37. The van der Waals surface area contributed by atoms with Crippen molar-refractivity contribution in [3.05, 3.63) is 64.7 Å². The second-order valence-corrected chi connectivity index (χ2v) is 4.79. The van der Waals surface area contributed by atoms with E-state index in [0.29, 0.717) is 0 Å². The van der Waals surface area contributed by atoms with Gasteiger partial charge in [-0.1, -0.05) is 41.9 Å². The van der Waals surface area contributed by atoms with Crippen molar-refractivity contribution in [2.75, 3.05) is 5.73 Å². The van der Waals surface area contributed by atoms with Crippen LogP contribution < -0.4 is 11.1 Å². The number of halogens is 1. The third-order valence-corrected chi connectivity index (χ3v) is 3.28. The van der Waals surface area contributed by atoms with Gasteiger partial charge in [-0.15, -0.1) is 0 Å². The van der Waals surface area contributed by atoms with Gasteiger partial charge in [0.15, 0.2) is 0 Å². The Morgan fingerprint density at radius 1 is 1.11 bits per heavy atom. The minimum atomic E-state index is 0.266. The zero-order chi connectivity index (χ0) is 13.0. The van der Waals surface area contributed by atoms with Gasteiger partial charge >= 0.3 is 0 Å². The number of rotatable bonds is 4. The molecule has 0 amide bonds. The fourth-order valence-corrected chi connectivity index (χ4v) is 1.95. The van der Waals surface area contributed by atoms with Crippen LogP contribution in [0.1, 0.15) is 24.1 Å².